The van der Waals surface area contributed by atoms with Crippen LogP contribution < -0.4 is 24.4 Å². The summed E-state index contributed by atoms with van der Waals surface area (Å²) in [5.41, 5.74) is 2.15. The number of nitro groups is 1. The number of hydrogen-bond donors (Lipinski definition) is 0. The maximum atomic E-state index is 14.1. The first-order valence-corrected chi connectivity index (χ1v) is 15.6. The van der Waals surface area contributed by atoms with E-state index in [0.29, 0.717) is 48.2 Å². The molecule has 0 spiro atoms. The van der Waals surface area contributed by atoms with E-state index in [2.05, 4.69) is 27.6 Å². The van der Waals surface area contributed by atoms with E-state index in [-0.39, 0.29) is 30.0 Å². The maximum absolute atomic E-state index is 14.1. The third-order valence-electron chi connectivity index (χ3n) is 6.80. The van der Waals surface area contributed by atoms with Crippen LogP contribution in [0.4, 0.5) is 5.69 Å². The number of carbonyl (C=O) groups is 1. The molecule has 10 nitrogen and oxygen atoms in total. The number of allylic oxidation sites excluding steroid dienone is 1. The summed E-state index contributed by atoms with van der Waals surface area (Å²) >= 11 is 9.93. The Kier molecular flexibility index (Phi) is 9.51. The van der Waals surface area contributed by atoms with Gasteiger partial charge in [-0.25, -0.2) is 9.79 Å². The lowest BCUT2D eigenvalue weighted by atomic mass is 9.96. The lowest BCUT2D eigenvalue weighted by Crippen LogP contribution is -2.40. The van der Waals surface area contributed by atoms with Crippen molar-refractivity contribution in [1.29, 1.82) is 0 Å². The van der Waals surface area contributed by atoms with E-state index in [1.54, 1.807) is 62.4 Å². The highest BCUT2D eigenvalue weighted by Gasteiger charge is 2.34. The molecule has 226 valence electrons. The molecule has 44 heavy (non-hydrogen) atoms. The number of hydrogen-bond acceptors (Lipinski definition) is 9. The molecule has 0 saturated heterocycles. The Hall–Kier alpha value is -4.01. The van der Waals surface area contributed by atoms with Crippen molar-refractivity contribution in [3.8, 4) is 11.5 Å². The Morgan fingerprint density at radius 3 is 2.59 bits per heavy atom. The lowest BCUT2D eigenvalue weighted by molar-refractivity contribution is -0.384. The lowest BCUT2D eigenvalue weighted by Gasteiger charge is -2.25. The molecule has 1 aromatic heterocycles. The molecule has 1 aliphatic heterocycles. The van der Waals surface area contributed by atoms with Crippen molar-refractivity contribution in [3.05, 3.63) is 127 Å². The van der Waals surface area contributed by atoms with Gasteiger partial charge in [-0.15, -0.1) is 0 Å². The molecule has 3 aromatic carbocycles. The van der Waals surface area contributed by atoms with Gasteiger partial charge in [0.15, 0.2) is 16.3 Å². The van der Waals surface area contributed by atoms with E-state index < -0.39 is 16.9 Å². The van der Waals surface area contributed by atoms with Gasteiger partial charge in [0, 0.05) is 26.3 Å². The molecule has 0 radical (unpaired) electrons. The number of carbonyl (C=O) groups excluding carboxylic acids is 1. The summed E-state index contributed by atoms with van der Waals surface area (Å²) < 4.78 is 19.8. The summed E-state index contributed by atoms with van der Waals surface area (Å²) in [6.45, 7) is 3.68. The zero-order valence-electron chi connectivity index (χ0n) is 23.7. The number of benzene rings is 3. The van der Waals surface area contributed by atoms with Crippen LogP contribution in [0.5, 0.6) is 11.5 Å². The second-order valence-corrected chi connectivity index (χ2v) is 12.2. The smallest absolute Gasteiger partial charge is 0.338 e. The van der Waals surface area contributed by atoms with Crippen molar-refractivity contribution < 1.29 is 23.9 Å². The quantitative estimate of drug-likeness (QED) is 0.0953. The molecule has 0 amide bonds. The number of nitrogens with zero attached hydrogens (tertiary/aromatic N) is 3. The number of thiazole rings is 1. The van der Waals surface area contributed by atoms with Crippen LogP contribution in [-0.4, -0.2) is 29.2 Å². The molecule has 0 unspecified atom stereocenters. The minimum absolute atomic E-state index is 0.0203. The molecular weight excluding hydrogens is 721 g/mol. The summed E-state index contributed by atoms with van der Waals surface area (Å²) in [5, 5.41) is 11.4. The molecule has 4 aromatic rings. The van der Waals surface area contributed by atoms with Crippen LogP contribution in [0.25, 0.3) is 6.08 Å². The molecule has 5 rings (SSSR count). The molecule has 0 bridgehead atoms. The van der Waals surface area contributed by atoms with Gasteiger partial charge in [-0.3, -0.25) is 19.5 Å². The van der Waals surface area contributed by atoms with Crippen LogP contribution in [0.3, 0.4) is 0 Å². The molecule has 0 N–H and O–H groups in total. The van der Waals surface area contributed by atoms with Gasteiger partial charge < -0.3 is 14.2 Å². The predicted octanol–water partition coefficient (Wildman–Crippen LogP) is 5.55. The summed E-state index contributed by atoms with van der Waals surface area (Å²) in [4.78, 5) is 42.8. The van der Waals surface area contributed by atoms with Gasteiger partial charge in [0.05, 0.1) is 34.4 Å². The SMILES string of the molecule is CCOC(=O)C1=C(C)N=c2s/c(=C\c3cc(I)cc(OC)c3OCc3ccc([N+](=O)[O-])cc3)c(=O)n2[C@@H]1c1ccccc1Cl. The van der Waals surface area contributed by atoms with Gasteiger partial charge in [0.25, 0.3) is 11.2 Å². The highest BCUT2D eigenvalue weighted by molar-refractivity contribution is 14.1. The van der Waals surface area contributed by atoms with Gasteiger partial charge in [0.1, 0.15) is 12.6 Å². The van der Waals surface area contributed by atoms with Crippen molar-refractivity contribution >= 4 is 63.3 Å². The second-order valence-electron chi connectivity index (χ2n) is 9.56. The van der Waals surface area contributed by atoms with Crippen molar-refractivity contribution in [1.82, 2.24) is 4.57 Å². The highest BCUT2D eigenvalue weighted by atomic mass is 127. The number of ether oxygens (including phenoxy) is 3. The van der Waals surface area contributed by atoms with Crippen LogP contribution in [0.15, 0.2) is 81.7 Å². The fourth-order valence-electron chi connectivity index (χ4n) is 4.80. The Bertz CT molecular complexity index is 1990. The fourth-order valence-corrected chi connectivity index (χ4v) is 6.69. The number of halogens is 2. The Morgan fingerprint density at radius 1 is 1.20 bits per heavy atom. The van der Waals surface area contributed by atoms with Crippen molar-refractivity contribution in [2.45, 2.75) is 26.5 Å². The summed E-state index contributed by atoms with van der Waals surface area (Å²) in [6.07, 6.45) is 1.70. The van der Waals surface area contributed by atoms with Gasteiger partial charge in [-0.1, -0.05) is 41.1 Å². The maximum Gasteiger partial charge on any atom is 0.338 e. The third-order valence-corrected chi connectivity index (χ3v) is 8.75. The molecule has 0 aliphatic carbocycles. The summed E-state index contributed by atoms with van der Waals surface area (Å²) in [6, 6.07) is 15.9. The number of esters is 1. The molecule has 2 heterocycles. The van der Waals surface area contributed by atoms with Gasteiger partial charge in [-0.05, 0) is 84.0 Å². The van der Waals surface area contributed by atoms with E-state index >= 15 is 0 Å². The Balaban J connectivity index is 1.64. The third kappa shape index (κ3) is 6.28. The number of rotatable bonds is 9. The second kappa shape index (κ2) is 13.3. The van der Waals surface area contributed by atoms with Crippen LogP contribution >= 0.6 is 45.5 Å². The van der Waals surface area contributed by atoms with E-state index in [4.69, 9.17) is 25.8 Å². The van der Waals surface area contributed by atoms with Crippen LogP contribution in [0.2, 0.25) is 5.02 Å². The largest absolute Gasteiger partial charge is 0.493 e. The molecular formula is C31H25ClIN3O7S. The van der Waals surface area contributed by atoms with E-state index in [1.165, 1.54) is 35.1 Å². The zero-order valence-corrected chi connectivity index (χ0v) is 27.4. The van der Waals surface area contributed by atoms with Gasteiger partial charge >= 0.3 is 5.97 Å². The van der Waals surface area contributed by atoms with E-state index in [1.807, 2.05) is 6.07 Å². The Morgan fingerprint density at radius 2 is 1.93 bits per heavy atom. The number of aromatic nitrogens is 1. The van der Waals surface area contributed by atoms with Crippen molar-refractivity contribution in [3.63, 3.8) is 0 Å². The average Bonchev–Trinajstić information content (AvgIpc) is 3.30. The zero-order chi connectivity index (χ0) is 31.5. The molecule has 1 atom stereocenters. The van der Waals surface area contributed by atoms with Gasteiger partial charge in [0.2, 0.25) is 0 Å². The fraction of sp³-hybridized carbons (Fsp3) is 0.194. The van der Waals surface area contributed by atoms with Crippen LogP contribution in [0.1, 0.15) is 36.6 Å². The molecule has 1 aliphatic rings. The van der Waals surface area contributed by atoms with Crippen molar-refractivity contribution in [2.75, 3.05) is 13.7 Å². The van der Waals surface area contributed by atoms with Crippen LogP contribution in [0, 0.1) is 13.7 Å². The first-order valence-electron chi connectivity index (χ1n) is 13.3. The predicted molar refractivity (Wildman–Crippen MR) is 175 cm³/mol. The monoisotopic (exact) mass is 745 g/mol. The van der Waals surface area contributed by atoms with E-state index in [0.717, 1.165) is 3.57 Å². The van der Waals surface area contributed by atoms with Crippen molar-refractivity contribution in [2.24, 2.45) is 4.99 Å². The standard InChI is InChI=1S/C31H25ClIN3O7S/c1-4-42-30(38)26-17(2)34-31-35(27(26)22-7-5-6-8-23(22)32)29(37)25(44-31)14-19-13-20(33)15-24(41-3)28(19)43-16-18-9-11-21(12-10-18)36(39)40/h5-15,27H,4,16H2,1-3H3/b25-14-/t27-/m1/s1. The number of nitro benzene ring substituents is 1. The first kappa shape index (κ1) is 31.4. The minimum atomic E-state index is -0.843. The molecule has 0 fully saturated rings. The number of fused-ring (bicyclic) bond motifs is 1. The van der Waals surface area contributed by atoms with Gasteiger partial charge in [-0.2, -0.15) is 0 Å². The molecule has 13 heteroatoms. The first-order chi connectivity index (χ1) is 21.1. The normalized spacial score (nSPS) is 14.6. The summed E-state index contributed by atoms with van der Waals surface area (Å²) in [5.74, 6) is 0.271. The number of methoxy groups -OCH3 is 1. The average molecular weight is 746 g/mol. The van der Waals surface area contributed by atoms with Crippen LogP contribution in [-0.2, 0) is 16.1 Å². The topological polar surface area (TPSA) is 122 Å². The molecule has 0 saturated carbocycles. The minimum Gasteiger partial charge on any atom is -0.493 e. The Labute approximate surface area is 274 Å². The number of non-ortho nitro benzene ring substituents is 1. The highest BCUT2D eigenvalue weighted by Crippen LogP contribution is 2.36. The summed E-state index contributed by atoms with van der Waals surface area (Å²) in [7, 11) is 1.52. The van der Waals surface area contributed by atoms with E-state index in [9.17, 15) is 19.7 Å².